The molecule has 4 amide bonds. The van der Waals surface area contributed by atoms with Crippen LogP contribution in [0, 0.1) is 34.2 Å². The number of carbonyl (C=O) groups excluding carboxylic acids is 4. The van der Waals surface area contributed by atoms with E-state index < -0.39 is 46.8 Å². The van der Waals surface area contributed by atoms with Crippen molar-refractivity contribution in [2.24, 2.45) is 23.7 Å². The maximum atomic E-state index is 15.2. The average Bonchev–Trinajstić information content (AvgIpc) is 3.51. The highest BCUT2D eigenvalue weighted by atomic mass is 127. The number of halogens is 1. The van der Waals surface area contributed by atoms with Crippen LogP contribution in [-0.2, 0) is 24.6 Å². The first kappa shape index (κ1) is 32.2. The van der Waals surface area contributed by atoms with E-state index >= 15 is 4.79 Å². The molecule has 2 aliphatic heterocycles. The van der Waals surface area contributed by atoms with Crippen LogP contribution in [0.1, 0.15) is 35.4 Å². The standard InChI is InChI=1S/C40H34IN3O6/c1-22-8-12-25(13-9-22)42-44-37(47)32-21-30-28(17-18-29-34(30)38(48)43(36(29)46)26-14-10-24(41)11-15-26)35(31-20-27(50-2)16-19-33(31)45)40(32,39(44)49)23-6-4-3-5-7-23/h3-17,19-20,29-30,32,34-35,42,45H,18,21H2,1-2H3. The van der Waals surface area contributed by atoms with Gasteiger partial charge in [0.1, 0.15) is 11.5 Å². The molecule has 2 heterocycles. The van der Waals surface area contributed by atoms with E-state index in [0.29, 0.717) is 28.3 Å². The fraction of sp³-hybridized carbons (Fsp3) is 0.250. The molecule has 6 atom stereocenters. The molecule has 2 N–H and O–H groups in total. The number of hydrazine groups is 1. The van der Waals surface area contributed by atoms with E-state index in [2.05, 4.69) is 28.0 Å². The van der Waals surface area contributed by atoms with Crippen LogP contribution in [0.3, 0.4) is 0 Å². The zero-order valence-electron chi connectivity index (χ0n) is 27.4. The molecule has 3 fully saturated rings. The number of amides is 4. The lowest BCUT2D eigenvalue weighted by Gasteiger charge is -2.50. The summed E-state index contributed by atoms with van der Waals surface area (Å²) in [7, 11) is 1.53. The Morgan fingerprint density at radius 1 is 0.860 bits per heavy atom. The molecule has 0 aromatic heterocycles. The molecular formula is C40H34IN3O6. The summed E-state index contributed by atoms with van der Waals surface area (Å²) in [5, 5.41) is 12.7. The molecule has 0 radical (unpaired) electrons. The van der Waals surface area contributed by atoms with Gasteiger partial charge in [-0.05, 0) is 108 Å². The first-order chi connectivity index (χ1) is 24.1. The predicted molar refractivity (Wildman–Crippen MR) is 195 cm³/mol. The van der Waals surface area contributed by atoms with Gasteiger partial charge in [-0.25, -0.2) is 0 Å². The number of carbonyl (C=O) groups is 4. The van der Waals surface area contributed by atoms with Crippen molar-refractivity contribution in [3.8, 4) is 11.5 Å². The van der Waals surface area contributed by atoms with Crippen molar-refractivity contribution >= 4 is 57.6 Å². The number of imide groups is 2. The molecule has 10 heteroatoms. The Labute approximate surface area is 303 Å². The second-order valence-corrected chi connectivity index (χ2v) is 14.8. The van der Waals surface area contributed by atoms with E-state index in [1.807, 2.05) is 79.7 Å². The van der Waals surface area contributed by atoms with Crippen molar-refractivity contribution in [1.82, 2.24) is 5.01 Å². The topological polar surface area (TPSA) is 116 Å². The zero-order chi connectivity index (χ0) is 34.9. The summed E-state index contributed by atoms with van der Waals surface area (Å²) in [6, 6.07) is 28.8. The fourth-order valence-corrected chi connectivity index (χ4v) is 9.19. The highest BCUT2D eigenvalue weighted by Crippen LogP contribution is 2.65. The maximum Gasteiger partial charge on any atom is 0.260 e. The maximum absolute atomic E-state index is 15.2. The molecule has 9 nitrogen and oxygen atoms in total. The van der Waals surface area contributed by atoms with Crippen molar-refractivity contribution < 1.29 is 29.0 Å². The van der Waals surface area contributed by atoms with Gasteiger partial charge in [-0.15, -0.1) is 0 Å². The van der Waals surface area contributed by atoms with Crippen molar-refractivity contribution in [3.63, 3.8) is 0 Å². The minimum absolute atomic E-state index is 0.0620. The number of hydrogen-bond acceptors (Lipinski definition) is 7. The van der Waals surface area contributed by atoms with Gasteiger partial charge in [0.25, 0.3) is 11.8 Å². The molecule has 4 aliphatic rings. The monoisotopic (exact) mass is 779 g/mol. The summed E-state index contributed by atoms with van der Waals surface area (Å²) in [6.45, 7) is 1.96. The van der Waals surface area contributed by atoms with Crippen LogP contribution in [0.15, 0.2) is 109 Å². The first-order valence-electron chi connectivity index (χ1n) is 16.6. The normalized spacial score (nSPS) is 27.1. The van der Waals surface area contributed by atoms with E-state index in [-0.39, 0.29) is 30.4 Å². The Morgan fingerprint density at radius 3 is 2.28 bits per heavy atom. The molecule has 1 saturated carbocycles. The van der Waals surface area contributed by atoms with Crippen molar-refractivity contribution in [1.29, 1.82) is 0 Å². The summed E-state index contributed by atoms with van der Waals surface area (Å²) in [4.78, 5) is 59.8. The smallest absolute Gasteiger partial charge is 0.260 e. The minimum atomic E-state index is -1.49. The average molecular weight is 780 g/mol. The molecule has 6 unspecified atom stereocenters. The predicted octanol–water partition coefficient (Wildman–Crippen LogP) is 6.50. The SMILES string of the molecule is COc1ccc(O)c(C2C3=CCC4C(=O)N(c5ccc(I)cc5)C(=O)C4C3CC3C(=O)N(Nc4ccc(C)cc4)C(=O)C32c2ccccc2)c1. The van der Waals surface area contributed by atoms with Gasteiger partial charge in [-0.1, -0.05) is 59.7 Å². The van der Waals surface area contributed by atoms with Crippen LogP contribution in [0.5, 0.6) is 11.5 Å². The molecule has 4 aromatic carbocycles. The second kappa shape index (κ2) is 12.1. The molecule has 8 rings (SSSR count). The number of hydrogen-bond donors (Lipinski definition) is 2. The Bertz CT molecular complexity index is 2080. The van der Waals surface area contributed by atoms with Crippen LogP contribution in [0.25, 0.3) is 0 Å². The minimum Gasteiger partial charge on any atom is -0.508 e. The Morgan fingerprint density at radius 2 is 1.58 bits per heavy atom. The summed E-state index contributed by atoms with van der Waals surface area (Å²) in [5.41, 5.74) is 5.52. The molecule has 2 saturated heterocycles. The third-order valence-electron chi connectivity index (χ3n) is 11.0. The van der Waals surface area contributed by atoms with Crippen molar-refractivity contribution in [3.05, 3.63) is 129 Å². The van der Waals surface area contributed by atoms with Crippen molar-refractivity contribution in [2.45, 2.75) is 31.1 Å². The molecular weight excluding hydrogens is 745 g/mol. The highest BCUT2D eigenvalue weighted by Gasteiger charge is 2.70. The quantitative estimate of drug-likeness (QED) is 0.130. The second-order valence-electron chi connectivity index (χ2n) is 13.5. The molecule has 4 aromatic rings. The number of methoxy groups -OCH3 is 1. The Kier molecular flexibility index (Phi) is 7.81. The van der Waals surface area contributed by atoms with Crippen molar-refractivity contribution in [2.75, 3.05) is 17.4 Å². The summed E-state index contributed by atoms with van der Waals surface area (Å²) in [6.07, 6.45) is 2.43. The largest absolute Gasteiger partial charge is 0.508 e. The number of nitrogens with zero attached hydrogens (tertiary/aromatic N) is 2. The summed E-state index contributed by atoms with van der Waals surface area (Å²) in [5.74, 6) is -4.76. The van der Waals surface area contributed by atoms with E-state index in [1.165, 1.54) is 18.1 Å². The van der Waals surface area contributed by atoms with Gasteiger partial charge in [-0.3, -0.25) is 29.5 Å². The molecule has 252 valence electrons. The number of anilines is 2. The van der Waals surface area contributed by atoms with Gasteiger partial charge in [0.15, 0.2) is 0 Å². The van der Waals surface area contributed by atoms with Crippen LogP contribution < -0.4 is 15.1 Å². The first-order valence-corrected chi connectivity index (χ1v) is 17.7. The van der Waals surface area contributed by atoms with Gasteiger partial charge in [0, 0.05) is 15.1 Å². The number of benzene rings is 4. The third-order valence-corrected chi connectivity index (χ3v) is 11.7. The van der Waals surface area contributed by atoms with Gasteiger partial charge in [0.2, 0.25) is 11.8 Å². The zero-order valence-corrected chi connectivity index (χ0v) is 29.5. The lowest BCUT2D eigenvalue weighted by Crippen LogP contribution is -2.53. The number of allylic oxidation sites excluding steroid dienone is 2. The van der Waals surface area contributed by atoms with E-state index in [0.717, 1.165) is 19.7 Å². The number of ether oxygens (including phenoxy) is 1. The van der Waals surface area contributed by atoms with Gasteiger partial charge in [-0.2, -0.15) is 5.01 Å². The number of phenols is 1. The van der Waals surface area contributed by atoms with Gasteiger partial charge in [0.05, 0.1) is 41.7 Å². The lowest BCUT2D eigenvalue weighted by molar-refractivity contribution is -0.138. The lowest BCUT2D eigenvalue weighted by atomic mass is 9.49. The number of aryl methyl sites for hydroxylation is 1. The molecule has 0 bridgehead atoms. The number of phenolic OH excluding ortho intramolecular Hbond substituents is 1. The van der Waals surface area contributed by atoms with E-state index in [1.54, 1.807) is 24.3 Å². The number of rotatable bonds is 6. The van der Waals surface area contributed by atoms with Gasteiger partial charge >= 0.3 is 0 Å². The third kappa shape index (κ3) is 4.71. The van der Waals surface area contributed by atoms with Crippen LogP contribution in [0.2, 0.25) is 0 Å². The summed E-state index contributed by atoms with van der Waals surface area (Å²) < 4.78 is 6.58. The number of nitrogens with one attached hydrogen (secondary N) is 1. The summed E-state index contributed by atoms with van der Waals surface area (Å²) >= 11 is 2.18. The van der Waals surface area contributed by atoms with E-state index in [4.69, 9.17) is 4.74 Å². The van der Waals surface area contributed by atoms with E-state index in [9.17, 15) is 19.5 Å². The fourth-order valence-electron chi connectivity index (χ4n) is 8.83. The molecule has 2 aliphatic carbocycles. The number of fused-ring (bicyclic) bond motifs is 4. The van der Waals surface area contributed by atoms with Crippen LogP contribution >= 0.6 is 22.6 Å². The molecule has 50 heavy (non-hydrogen) atoms. The van der Waals surface area contributed by atoms with Crippen LogP contribution in [0.4, 0.5) is 11.4 Å². The Balaban J connectivity index is 1.33. The van der Waals surface area contributed by atoms with Crippen LogP contribution in [-0.4, -0.2) is 40.9 Å². The number of aromatic hydroxyl groups is 1. The Hall–Kier alpha value is -4.97. The molecule has 0 spiro atoms. The van der Waals surface area contributed by atoms with Gasteiger partial charge < -0.3 is 9.84 Å². The highest BCUT2D eigenvalue weighted by molar-refractivity contribution is 14.1.